The smallest absolute Gasteiger partial charge is 0.0640 e. The highest BCUT2D eigenvalue weighted by atomic mass is 32.1. The molecule has 0 fully saturated rings. The molecular weight excluding hydrogens is 717 g/mol. The average molecular weight is 749 g/mol. The first-order chi connectivity index (χ1) is 27.8. The summed E-state index contributed by atoms with van der Waals surface area (Å²) in [6.45, 7) is 0. The largest absolute Gasteiger partial charge is 0.309 e. The van der Waals surface area contributed by atoms with Gasteiger partial charge in [0.1, 0.15) is 0 Å². The van der Waals surface area contributed by atoms with Crippen LogP contribution in [0.1, 0.15) is 0 Å². The van der Waals surface area contributed by atoms with E-state index in [4.69, 9.17) is 0 Å². The van der Waals surface area contributed by atoms with Crippen molar-refractivity contribution in [2.75, 3.05) is 4.90 Å². The number of aromatic nitrogens is 1. The van der Waals surface area contributed by atoms with E-state index in [1.165, 1.54) is 95.4 Å². The fourth-order valence-corrected chi connectivity index (χ4v) is 11.2. The van der Waals surface area contributed by atoms with Gasteiger partial charge in [-0.3, -0.25) is 0 Å². The first kappa shape index (κ1) is 31.6. The van der Waals surface area contributed by atoms with Crippen LogP contribution in [0.2, 0.25) is 0 Å². The van der Waals surface area contributed by atoms with Gasteiger partial charge in [-0.15, -0.1) is 22.7 Å². The lowest BCUT2D eigenvalue weighted by atomic mass is 10.0. The van der Waals surface area contributed by atoms with Crippen LogP contribution in [0.3, 0.4) is 0 Å². The summed E-state index contributed by atoms with van der Waals surface area (Å²) in [7, 11) is 0. The van der Waals surface area contributed by atoms with E-state index in [0.717, 1.165) is 11.4 Å². The number of nitrogens with zero attached hydrogens (tertiary/aromatic N) is 2. The third-order valence-corrected chi connectivity index (χ3v) is 13.8. The van der Waals surface area contributed by atoms with Crippen molar-refractivity contribution in [1.82, 2.24) is 4.57 Å². The van der Waals surface area contributed by atoms with Crippen LogP contribution in [-0.4, -0.2) is 4.57 Å². The molecule has 0 N–H and O–H groups in total. The molecule has 0 bridgehead atoms. The van der Waals surface area contributed by atoms with Crippen molar-refractivity contribution in [1.29, 1.82) is 0 Å². The normalized spacial score (nSPS) is 11.9. The minimum atomic E-state index is 1.13. The number of rotatable bonds is 5. The second kappa shape index (κ2) is 12.4. The molecule has 4 heteroatoms. The Bertz CT molecular complexity index is 3370. The second-order valence-electron chi connectivity index (χ2n) is 14.5. The Balaban J connectivity index is 1.05. The van der Waals surface area contributed by atoms with E-state index in [-0.39, 0.29) is 0 Å². The predicted octanol–water partition coefficient (Wildman–Crippen LogP) is 15.8. The lowest BCUT2D eigenvalue weighted by Gasteiger charge is -2.27. The van der Waals surface area contributed by atoms with Gasteiger partial charge in [0.05, 0.1) is 31.8 Å². The van der Waals surface area contributed by atoms with E-state index in [1.807, 2.05) is 22.7 Å². The number of anilines is 3. The SMILES string of the molecule is c1ccc(-n2c3cc(-c4ccc(N(c5cccc6c5sc5ccccc56)c5cccc6c5sc5ccccc56)cc4)ccc3c3cc4ccccc4cc32)cc1. The van der Waals surface area contributed by atoms with Crippen LogP contribution >= 0.6 is 22.7 Å². The van der Waals surface area contributed by atoms with Crippen molar-refractivity contribution in [2.24, 2.45) is 0 Å². The highest BCUT2D eigenvalue weighted by Gasteiger charge is 2.22. The fourth-order valence-electron chi connectivity index (χ4n) is 8.77. The van der Waals surface area contributed by atoms with Gasteiger partial charge >= 0.3 is 0 Å². The van der Waals surface area contributed by atoms with Gasteiger partial charge in [-0.25, -0.2) is 0 Å². The van der Waals surface area contributed by atoms with E-state index in [2.05, 4.69) is 204 Å². The molecule has 0 aliphatic carbocycles. The quantitative estimate of drug-likeness (QED) is 0.170. The summed E-state index contributed by atoms with van der Waals surface area (Å²) in [4.78, 5) is 2.49. The summed E-state index contributed by atoms with van der Waals surface area (Å²) < 4.78 is 7.63. The molecule has 0 saturated heterocycles. The molecule has 0 aliphatic heterocycles. The molecule has 12 rings (SSSR count). The van der Waals surface area contributed by atoms with E-state index in [0.29, 0.717) is 0 Å². The Kier molecular flexibility index (Phi) is 7.00. The molecule has 0 radical (unpaired) electrons. The summed E-state index contributed by atoms with van der Waals surface area (Å²) >= 11 is 3.76. The van der Waals surface area contributed by atoms with Crippen LogP contribution in [0.25, 0.3) is 89.7 Å². The zero-order valence-corrected chi connectivity index (χ0v) is 31.8. The van der Waals surface area contributed by atoms with Gasteiger partial charge in [-0.1, -0.05) is 127 Å². The average Bonchev–Trinajstić information content (AvgIpc) is 3.93. The van der Waals surface area contributed by atoms with Crippen LogP contribution in [0.5, 0.6) is 0 Å². The summed E-state index contributed by atoms with van der Waals surface area (Å²) in [5.41, 5.74) is 9.50. The van der Waals surface area contributed by atoms with Crippen LogP contribution in [0.4, 0.5) is 17.1 Å². The maximum atomic E-state index is 2.49. The minimum Gasteiger partial charge on any atom is -0.309 e. The zero-order valence-electron chi connectivity index (χ0n) is 30.2. The van der Waals surface area contributed by atoms with Crippen molar-refractivity contribution >= 4 is 113 Å². The Hall–Kier alpha value is -6.72. The summed E-state index contributed by atoms with van der Waals surface area (Å²) in [6, 6.07) is 71.4. The standard InChI is InChI=1S/C52H32N2S2/c1-2-14-37(15-3-1)54-47-32-36(26-29-39(47)44-30-34-12-4-5-13-35(34)31-48(44)54)33-24-27-38(28-25-33)53(45-20-10-18-42-40-16-6-8-22-49(40)55-51(42)45)46-21-11-19-43-41-17-7-9-23-50(41)56-52(43)46/h1-32H. The molecule has 12 aromatic rings. The highest BCUT2D eigenvalue weighted by molar-refractivity contribution is 7.27. The number of thiophene rings is 2. The third kappa shape index (κ3) is 4.80. The third-order valence-electron chi connectivity index (χ3n) is 11.4. The molecule has 2 nitrogen and oxygen atoms in total. The van der Waals surface area contributed by atoms with Crippen molar-refractivity contribution in [2.45, 2.75) is 0 Å². The number of hydrogen-bond donors (Lipinski definition) is 0. The van der Waals surface area contributed by atoms with Gasteiger partial charge in [0.25, 0.3) is 0 Å². The Morgan fingerprint density at radius 1 is 0.357 bits per heavy atom. The zero-order chi connectivity index (χ0) is 36.7. The maximum Gasteiger partial charge on any atom is 0.0640 e. The molecule has 0 saturated carbocycles. The van der Waals surface area contributed by atoms with E-state index >= 15 is 0 Å². The molecule has 0 aliphatic rings. The predicted molar refractivity (Wildman–Crippen MR) is 244 cm³/mol. The van der Waals surface area contributed by atoms with Crippen molar-refractivity contribution in [3.63, 3.8) is 0 Å². The monoisotopic (exact) mass is 748 g/mol. The van der Waals surface area contributed by atoms with E-state index in [9.17, 15) is 0 Å². The molecule has 9 aromatic carbocycles. The fraction of sp³-hybridized carbons (Fsp3) is 0. The molecule has 0 spiro atoms. The lowest BCUT2D eigenvalue weighted by molar-refractivity contribution is 1.18. The molecule has 262 valence electrons. The van der Waals surface area contributed by atoms with Gasteiger partial charge in [-0.2, -0.15) is 0 Å². The van der Waals surface area contributed by atoms with Gasteiger partial charge in [0.2, 0.25) is 0 Å². The number of benzene rings is 9. The number of hydrogen-bond acceptors (Lipinski definition) is 3. The van der Waals surface area contributed by atoms with Crippen molar-refractivity contribution < 1.29 is 0 Å². The van der Waals surface area contributed by atoms with Crippen LogP contribution in [0.15, 0.2) is 194 Å². The number of fused-ring (bicyclic) bond motifs is 10. The first-order valence-electron chi connectivity index (χ1n) is 19.0. The van der Waals surface area contributed by atoms with Gasteiger partial charge in [-0.05, 0) is 88.6 Å². The van der Waals surface area contributed by atoms with Gasteiger partial charge in [0, 0.05) is 53.1 Å². The highest BCUT2D eigenvalue weighted by Crippen LogP contribution is 2.49. The van der Waals surface area contributed by atoms with Gasteiger partial charge in [0.15, 0.2) is 0 Å². The summed E-state index contributed by atoms with van der Waals surface area (Å²) in [5, 5.41) is 10.2. The van der Waals surface area contributed by atoms with Crippen LogP contribution in [0, 0.1) is 0 Å². The first-order valence-corrected chi connectivity index (χ1v) is 20.6. The molecule has 56 heavy (non-hydrogen) atoms. The Morgan fingerprint density at radius 3 is 1.55 bits per heavy atom. The summed E-state index contributed by atoms with van der Waals surface area (Å²) in [5.74, 6) is 0. The number of para-hydroxylation sites is 1. The van der Waals surface area contributed by atoms with Gasteiger partial charge < -0.3 is 9.47 Å². The lowest BCUT2D eigenvalue weighted by Crippen LogP contribution is -2.10. The molecule has 3 aromatic heterocycles. The van der Waals surface area contributed by atoms with E-state index < -0.39 is 0 Å². The Morgan fingerprint density at radius 2 is 0.893 bits per heavy atom. The second-order valence-corrected chi connectivity index (χ2v) is 16.6. The maximum absolute atomic E-state index is 2.49. The molecule has 0 amide bonds. The topological polar surface area (TPSA) is 8.17 Å². The molecule has 0 atom stereocenters. The van der Waals surface area contributed by atoms with Crippen molar-refractivity contribution in [3.8, 4) is 16.8 Å². The molecular formula is C52H32N2S2. The molecule has 0 unspecified atom stereocenters. The Labute approximate surface area is 331 Å². The van der Waals surface area contributed by atoms with Crippen molar-refractivity contribution in [3.05, 3.63) is 194 Å². The van der Waals surface area contributed by atoms with Crippen LogP contribution < -0.4 is 4.90 Å². The van der Waals surface area contributed by atoms with Crippen LogP contribution in [-0.2, 0) is 0 Å². The molecule has 3 heterocycles. The summed E-state index contributed by atoms with van der Waals surface area (Å²) in [6.07, 6.45) is 0. The minimum absolute atomic E-state index is 1.13. The van der Waals surface area contributed by atoms with E-state index in [1.54, 1.807) is 0 Å².